The summed E-state index contributed by atoms with van der Waals surface area (Å²) in [5, 5.41) is 0.995. The second kappa shape index (κ2) is 7.96. The van der Waals surface area contributed by atoms with Gasteiger partial charge in [0.25, 0.3) is 0 Å². The molecule has 0 radical (unpaired) electrons. The van der Waals surface area contributed by atoms with Crippen molar-refractivity contribution < 1.29 is 4.79 Å². The van der Waals surface area contributed by atoms with Crippen molar-refractivity contribution in [3.63, 3.8) is 0 Å². The number of anilines is 1. The predicted octanol–water partition coefficient (Wildman–Crippen LogP) is 2.18. The maximum atomic E-state index is 11.5. The molecule has 1 fully saturated rings. The molecular formula is C23H20AsN5O. The molecule has 1 aliphatic heterocycles. The van der Waals surface area contributed by atoms with Gasteiger partial charge in [-0.15, -0.1) is 0 Å². The Morgan fingerprint density at radius 3 is 2.43 bits per heavy atom. The zero-order valence-corrected chi connectivity index (χ0v) is 18.7. The quantitative estimate of drug-likeness (QED) is 0.440. The number of piperidine rings is 1. The van der Waals surface area contributed by atoms with Gasteiger partial charge >= 0.3 is 172 Å². The molecule has 1 aliphatic rings. The average Bonchev–Trinajstić information content (AvgIpc) is 2.80. The molecule has 0 bridgehead atoms. The van der Waals surface area contributed by atoms with Gasteiger partial charge in [0.05, 0.1) is 0 Å². The van der Waals surface area contributed by atoms with Crippen molar-refractivity contribution in [2.45, 2.75) is 12.8 Å². The van der Waals surface area contributed by atoms with E-state index in [9.17, 15) is 4.79 Å². The summed E-state index contributed by atoms with van der Waals surface area (Å²) >= 11 is 1.46. The third kappa shape index (κ3) is 3.59. The summed E-state index contributed by atoms with van der Waals surface area (Å²) in [6.07, 6.45) is 4.62. The SMILES string of the molecule is O=C1CCN(c2ccc(-c3cc(-c4ccccc4)c4c([AsH2])ncnc4n3)cn2)CC1. The van der Waals surface area contributed by atoms with Crippen LogP contribution in [0.4, 0.5) is 5.82 Å². The second-order valence-corrected chi connectivity index (χ2v) is 8.46. The monoisotopic (exact) mass is 457 g/mol. The number of fused-ring (bicyclic) bond motifs is 1. The van der Waals surface area contributed by atoms with Crippen LogP contribution in [0.5, 0.6) is 0 Å². The summed E-state index contributed by atoms with van der Waals surface area (Å²) < 4.78 is 0.971. The van der Waals surface area contributed by atoms with E-state index in [0.29, 0.717) is 24.3 Å². The Bertz CT molecular complexity index is 1220. The van der Waals surface area contributed by atoms with Crippen molar-refractivity contribution in [2.24, 2.45) is 0 Å². The molecule has 1 atom stereocenters. The van der Waals surface area contributed by atoms with Crippen molar-refractivity contribution in [3.8, 4) is 22.4 Å². The number of rotatable bonds is 3. The van der Waals surface area contributed by atoms with Gasteiger partial charge in [0.1, 0.15) is 5.78 Å². The Morgan fingerprint density at radius 1 is 0.900 bits per heavy atom. The topological polar surface area (TPSA) is 71.9 Å². The number of aromatic nitrogens is 4. The van der Waals surface area contributed by atoms with E-state index in [0.717, 1.165) is 51.2 Å². The number of hydrogen-bond donors (Lipinski definition) is 0. The maximum absolute atomic E-state index is 11.5. The van der Waals surface area contributed by atoms with Crippen molar-refractivity contribution in [1.82, 2.24) is 19.9 Å². The van der Waals surface area contributed by atoms with Crippen molar-refractivity contribution in [3.05, 3.63) is 61.1 Å². The molecule has 3 aromatic heterocycles. The molecule has 0 aliphatic carbocycles. The van der Waals surface area contributed by atoms with Gasteiger partial charge in [-0.2, -0.15) is 0 Å². The fourth-order valence-corrected chi connectivity index (χ4v) is 4.53. The summed E-state index contributed by atoms with van der Waals surface area (Å²) in [6, 6.07) is 16.4. The van der Waals surface area contributed by atoms with E-state index in [1.807, 2.05) is 36.5 Å². The molecule has 0 spiro atoms. The van der Waals surface area contributed by atoms with Gasteiger partial charge < -0.3 is 0 Å². The average molecular weight is 457 g/mol. The van der Waals surface area contributed by atoms with Crippen LogP contribution in [0, 0.1) is 0 Å². The zero-order chi connectivity index (χ0) is 20.5. The molecule has 1 unspecified atom stereocenters. The van der Waals surface area contributed by atoms with E-state index >= 15 is 0 Å². The molecule has 1 aromatic carbocycles. The number of carbonyl (C=O) groups excluding carboxylic acids is 1. The van der Waals surface area contributed by atoms with Gasteiger partial charge in [0, 0.05) is 0 Å². The molecule has 7 heteroatoms. The van der Waals surface area contributed by atoms with Crippen LogP contribution >= 0.6 is 0 Å². The van der Waals surface area contributed by atoms with E-state index in [-0.39, 0.29) is 0 Å². The molecule has 6 nitrogen and oxygen atoms in total. The van der Waals surface area contributed by atoms with Gasteiger partial charge in [-0.25, -0.2) is 0 Å². The minimum absolute atomic E-state index is 0.329. The molecule has 0 saturated carbocycles. The van der Waals surface area contributed by atoms with Crippen LogP contribution in [0.3, 0.4) is 0 Å². The van der Waals surface area contributed by atoms with E-state index < -0.39 is 0 Å². The van der Waals surface area contributed by atoms with Gasteiger partial charge in [-0.05, 0) is 0 Å². The fourth-order valence-electron chi connectivity index (χ4n) is 3.79. The molecule has 4 aromatic rings. The first-order valence-corrected chi connectivity index (χ1v) is 11.1. The number of benzene rings is 1. The van der Waals surface area contributed by atoms with Crippen molar-refractivity contribution in [2.75, 3.05) is 18.0 Å². The van der Waals surface area contributed by atoms with Gasteiger partial charge in [-0.3, -0.25) is 4.79 Å². The van der Waals surface area contributed by atoms with E-state index in [2.05, 4.69) is 38.1 Å². The Balaban J connectivity index is 1.57. The van der Waals surface area contributed by atoms with E-state index in [1.54, 1.807) is 6.33 Å². The summed E-state index contributed by atoms with van der Waals surface area (Å²) in [7, 11) is 0. The number of hydrogen-bond acceptors (Lipinski definition) is 6. The first-order valence-electron chi connectivity index (χ1n) is 9.89. The van der Waals surface area contributed by atoms with Crippen molar-refractivity contribution in [1.29, 1.82) is 0 Å². The predicted molar refractivity (Wildman–Crippen MR) is 121 cm³/mol. The van der Waals surface area contributed by atoms with Crippen LogP contribution in [-0.2, 0) is 4.79 Å². The first kappa shape index (κ1) is 18.9. The number of Topliss-reactive ketones (excluding diaryl/α,β-unsaturated/α-hetero) is 1. The second-order valence-electron chi connectivity index (χ2n) is 7.31. The standard InChI is InChI=1S/C23H20AsN5O/c24-22-21-18(15-4-2-1-3-5-15)12-19(28-23(21)27-14-26-22)16-6-7-20(25-13-16)29-10-8-17(30)9-11-29/h1-7,12-14H,8-11,24H2. The fraction of sp³-hybridized carbons (Fsp3) is 0.174. The number of ketones is 1. The van der Waals surface area contributed by atoms with Crippen molar-refractivity contribution >= 4 is 44.0 Å². The van der Waals surface area contributed by atoms with E-state index in [4.69, 9.17) is 4.98 Å². The summed E-state index contributed by atoms with van der Waals surface area (Å²) in [6.45, 7) is 1.46. The molecule has 5 rings (SSSR count). The third-order valence-electron chi connectivity index (χ3n) is 5.41. The molecular weight excluding hydrogens is 437 g/mol. The number of carbonyl (C=O) groups is 1. The summed E-state index contributed by atoms with van der Waals surface area (Å²) in [5.74, 6) is 1.23. The van der Waals surface area contributed by atoms with Crippen LogP contribution in [0.1, 0.15) is 12.8 Å². The Morgan fingerprint density at radius 2 is 1.70 bits per heavy atom. The third-order valence-corrected chi connectivity index (χ3v) is 6.33. The van der Waals surface area contributed by atoms with Crippen LogP contribution in [0.15, 0.2) is 61.1 Å². The Labute approximate surface area is 182 Å². The summed E-state index contributed by atoms with van der Waals surface area (Å²) in [4.78, 5) is 31.9. The molecule has 0 amide bonds. The Hall–Kier alpha value is -3.11. The van der Waals surface area contributed by atoms with E-state index in [1.165, 1.54) is 16.9 Å². The molecule has 1 saturated heterocycles. The normalized spacial score (nSPS) is 14.3. The summed E-state index contributed by atoms with van der Waals surface area (Å²) in [5.41, 5.74) is 4.66. The zero-order valence-electron chi connectivity index (χ0n) is 16.3. The van der Waals surface area contributed by atoms with Gasteiger partial charge in [0.2, 0.25) is 0 Å². The number of pyridine rings is 2. The van der Waals surface area contributed by atoms with Crippen LogP contribution in [0.25, 0.3) is 33.4 Å². The van der Waals surface area contributed by atoms with Crippen LogP contribution in [0.2, 0.25) is 0 Å². The first-order chi connectivity index (χ1) is 14.7. The molecule has 30 heavy (non-hydrogen) atoms. The molecule has 4 heterocycles. The van der Waals surface area contributed by atoms with Crippen LogP contribution in [-0.4, -0.2) is 55.7 Å². The Kier molecular flexibility index (Phi) is 5.01. The molecule has 148 valence electrons. The van der Waals surface area contributed by atoms with Crippen LogP contribution < -0.4 is 9.38 Å². The van der Waals surface area contributed by atoms with Gasteiger partial charge in [0.15, 0.2) is 0 Å². The number of nitrogens with zero attached hydrogens (tertiary/aromatic N) is 5. The van der Waals surface area contributed by atoms with Gasteiger partial charge in [-0.1, -0.05) is 0 Å². The molecule has 0 N–H and O–H groups in total. The minimum atomic E-state index is 0.329.